The van der Waals surface area contributed by atoms with Crippen molar-refractivity contribution in [1.82, 2.24) is 20.4 Å². The molecule has 2 aromatic rings. The van der Waals surface area contributed by atoms with Crippen LogP contribution in [0.1, 0.15) is 22.2 Å². The molecule has 3 rings (SSSR count). The molecule has 21 heavy (non-hydrogen) atoms. The van der Waals surface area contributed by atoms with Gasteiger partial charge in [0.1, 0.15) is 0 Å². The Bertz CT molecular complexity index is 622. The highest BCUT2D eigenvalue weighted by Gasteiger charge is 2.20. The van der Waals surface area contributed by atoms with Gasteiger partial charge in [0, 0.05) is 30.9 Å². The quantitative estimate of drug-likeness (QED) is 0.839. The van der Waals surface area contributed by atoms with Crippen molar-refractivity contribution in [3.63, 3.8) is 0 Å². The van der Waals surface area contributed by atoms with Crippen molar-refractivity contribution in [2.45, 2.75) is 26.3 Å². The molecule has 1 aliphatic heterocycles. The lowest BCUT2D eigenvalue weighted by Crippen LogP contribution is -2.41. The van der Waals surface area contributed by atoms with E-state index in [1.165, 1.54) is 10.4 Å². The Balaban J connectivity index is 1.41. The number of nitrogens with zero attached hydrogens (tertiary/aromatic N) is 3. The lowest BCUT2D eigenvalue weighted by molar-refractivity contribution is -0.131. The maximum absolute atomic E-state index is 12.2. The van der Waals surface area contributed by atoms with Crippen LogP contribution in [0, 0.1) is 6.92 Å². The zero-order valence-electron chi connectivity index (χ0n) is 12.0. The van der Waals surface area contributed by atoms with Crippen molar-refractivity contribution in [3.8, 4) is 0 Å². The van der Waals surface area contributed by atoms with Crippen molar-refractivity contribution < 1.29 is 9.32 Å². The van der Waals surface area contributed by atoms with Gasteiger partial charge in [0.15, 0.2) is 5.82 Å². The Morgan fingerprint density at radius 1 is 1.57 bits per heavy atom. The second-order valence-electron chi connectivity index (χ2n) is 5.10. The number of nitrogens with one attached hydrogen (secondary N) is 1. The third-order valence-electron chi connectivity index (χ3n) is 3.52. The molecule has 2 aromatic heterocycles. The fraction of sp³-hybridized carbons (Fsp3) is 0.500. The van der Waals surface area contributed by atoms with Crippen molar-refractivity contribution >= 4 is 17.2 Å². The Morgan fingerprint density at radius 3 is 3.29 bits per heavy atom. The second kappa shape index (κ2) is 6.36. The Morgan fingerprint density at radius 2 is 2.48 bits per heavy atom. The van der Waals surface area contributed by atoms with Gasteiger partial charge in [0.05, 0.1) is 6.54 Å². The monoisotopic (exact) mass is 306 g/mol. The van der Waals surface area contributed by atoms with Crippen LogP contribution in [0.3, 0.4) is 0 Å². The van der Waals surface area contributed by atoms with Crippen LogP contribution >= 0.6 is 11.3 Å². The van der Waals surface area contributed by atoms with E-state index < -0.39 is 0 Å². The average molecular weight is 306 g/mol. The summed E-state index contributed by atoms with van der Waals surface area (Å²) in [7, 11) is 0. The van der Waals surface area contributed by atoms with E-state index in [1.54, 1.807) is 18.3 Å². The van der Waals surface area contributed by atoms with Crippen molar-refractivity contribution in [3.05, 3.63) is 33.6 Å². The molecule has 0 fully saturated rings. The van der Waals surface area contributed by atoms with Crippen LogP contribution in [0.4, 0.5) is 0 Å². The third kappa shape index (κ3) is 3.48. The van der Waals surface area contributed by atoms with E-state index in [4.69, 9.17) is 4.52 Å². The molecule has 112 valence electrons. The van der Waals surface area contributed by atoms with E-state index in [-0.39, 0.29) is 5.91 Å². The number of aryl methyl sites for hydroxylation is 1. The first-order chi connectivity index (χ1) is 10.2. The van der Waals surface area contributed by atoms with Crippen LogP contribution < -0.4 is 5.32 Å². The Hall–Kier alpha value is -1.73. The zero-order chi connectivity index (χ0) is 14.7. The summed E-state index contributed by atoms with van der Waals surface area (Å²) in [4.78, 5) is 19.6. The normalized spacial score (nSPS) is 14.2. The summed E-state index contributed by atoms with van der Waals surface area (Å²) in [5.41, 5.74) is 1.29. The number of thiophene rings is 1. The highest BCUT2D eigenvalue weighted by atomic mass is 32.1. The minimum Gasteiger partial charge on any atom is -0.339 e. The zero-order valence-corrected chi connectivity index (χ0v) is 12.8. The first-order valence-electron chi connectivity index (χ1n) is 7.05. The van der Waals surface area contributed by atoms with Gasteiger partial charge in [-0.1, -0.05) is 5.16 Å². The van der Waals surface area contributed by atoms with E-state index in [0.29, 0.717) is 31.2 Å². The molecule has 0 unspecified atom stereocenters. The van der Waals surface area contributed by atoms with Crippen LogP contribution in [-0.4, -0.2) is 40.6 Å². The van der Waals surface area contributed by atoms with Crippen molar-refractivity contribution in [1.29, 1.82) is 0 Å². The molecule has 0 aromatic carbocycles. The van der Waals surface area contributed by atoms with Gasteiger partial charge in [0.2, 0.25) is 11.8 Å². The smallest absolute Gasteiger partial charge is 0.236 e. The molecule has 0 saturated heterocycles. The molecule has 1 aliphatic rings. The summed E-state index contributed by atoms with van der Waals surface area (Å²) in [6.45, 7) is 4.36. The lowest BCUT2D eigenvalue weighted by atomic mass is 10.1. The van der Waals surface area contributed by atoms with Crippen LogP contribution in [0.2, 0.25) is 0 Å². The van der Waals surface area contributed by atoms with Crippen LogP contribution in [0.25, 0.3) is 0 Å². The van der Waals surface area contributed by atoms with Crippen LogP contribution in [-0.2, 0) is 24.2 Å². The largest absolute Gasteiger partial charge is 0.339 e. The maximum atomic E-state index is 12.2. The van der Waals surface area contributed by atoms with E-state index in [0.717, 1.165) is 19.5 Å². The maximum Gasteiger partial charge on any atom is 0.236 e. The van der Waals surface area contributed by atoms with Gasteiger partial charge < -0.3 is 14.7 Å². The highest BCUT2D eigenvalue weighted by molar-refractivity contribution is 7.10. The molecular weight excluding hydrogens is 288 g/mol. The molecule has 0 saturated carbocycles. The van der Waals surface area contributed by atoms with Gasteiger partial charge in [0.25, 0.3) is 0 Å². The average Bonchev–Trinajstić information content (AvgIpc) is 3.11. The minimum absolute atomic E-state index is 0.147. The number of amides is 1. The molecule has 0 radical (unpaired) electrons. The van der Waals surface area contributed by atoms with Gasteiger partial charge in [-0.05, 0) is 30.4 Å². The summed E-state index contributed by atoms with van der Waals surface area (Å²) >= 11 is 1.78. The predicted molar refractivity (Wildman–Crippen MR) is 79.0 cm³/mol. The van der Waals surface area contributed by atoms with E-state index in [1.807, 2.05) is 4.90 Å². The standard InChI is InChI=1S/C14H18N4O2S/c1-10-16-13(20-17-10)2-5-15-8-14(19)18-6-3-12-11(9-18)4-7-21-12/h4,7,15H,2-3,5-6,8-9H2,1H3. The molecular formula is C14H18N4O2S. The van der Waals surface area contributed by atoms with E-state index in [2.05, 4.69) is 26.9 Å². The van der Waals surface area contributed by atoms with Crippen molar-refractivity contribution in [2.24, 2.45) is 0 Å². The van der Waals surface area contributed by atoms with Crippen molar-refractivity contribution in [2.75, 3.05) is 19.6 Å². The Kier molecular flexibility index (Phi) is 4.31. The van der Waals surface area contributed by atoms with Gasteiger partial charge in [-0.3, -0.25) is 4.79 Å². The molecule has 0 aliphatic carbocycles. The third-order valence-corrected chi connectivity index (χ3v) is 4.54. The second-order valence-corrected chi connectivity index (χ2v) is 6.10. The fourth-order valence-electron chi connectivity index (χ4n) is 2.41. The number of hydrogen-bond donors (Lipinski definition) is 1. The minimum atomic E-state index is 0.147. The summed E-state index contributed by atoms with van der Waals surface area (Å²) < 4.78 is 5.02. The topological polar surface area (TPSA) is 71.3 Å². The number of carbonyl (C=O) groups is 1. The number of carbonyl (C=O) groups excluding carboxylic acids is 1. The molecule has 6 nitrogen and oxygen atoms in total. The fourth-order valence-corrected chi connectivity index (χ4v) is 3.30. The molecule has 1 amide bonds. The van der Waals surface area contributed by atoms with Crippen LogP contribution in [0.5, 0.6) is 0 Å². The first-order valence-corrected chi connectivity index (χ1v) is 7.93. The summed E-state index contributed by atoms with van der Waals surface area (Å²) in [6.07, 6.45) is 1.61. The molecule has 7 heteroatoms. The molecule has 3 heterocycles. The highest BCUT2D eigenvalue weighted by Crippen LogP contribution is 2.23. The summed E-state index contributed by atoms with van der Waals surface area (Å²) in [5.74, 6) is 1.39. The van der Waals surface area contributed by atoms with Gasteiger partial charge in [-0.2, -0.15) is 4.98 Å². The van der Waals surface area contributed by atoms with Gasteiger partial charge in [-0.25, -0.2) is 0 Å². The number of hydrogen-bond acceptors (Lipinski definition) is 6. The first kappa shape index (κ1) is 14.2. The number of aromatic nitrogens is 2. The van der Waals surface area contributed by atoms with E-state index in [9.17, 15) is 4.79 Å². The molecule has 1 N–H and O–H groups in total. The SMILES string of the molecule is Cc1noc(CCNCC(=O)N2CCc3sccc3C2)n1. The van der Waals surface area contributed by atoms with Gasteiger partial charge in [-0.15, -0.1) is 11.3 Å². The number of rotatable bonds is 5. The lowest BCUT2D eigenvalue weighted by Gasteiger charge is -2.27. The van der Waals surface area contributed by atoms with Crippen LogP contribution in [0.15, 0.2) is 16.0 Å². The Labute approximate surface area is 127 Å². The predicted octanol–water partition coefficient (Wildman–Crippen LogP) is 1.16. The van der Waals surface area contributed by atoms with E-state index >= 15 is 0 Å². The summed E-state index contributed by atoms with van der Waals surface area (Å²) in [5, 5.41) is 8.97. The molecule has 0 bridgehead atoms. The van der Waals surface area contributed by atoms with Gasteiger partial charge >= 0.3 is 0 Å². The molecule has 0 atom stereocenters. The molecule has 0 spiro atoms. The number of fused-ring (bicyclic) bond motifs is 1. The summed E-state index contributed by atoms with van der Waals surface area (Å²) in [6, 6.07) is 2.12.